The molecule has 174 valence electrons. The molecule has 2 unspecified atom stereocenters. The van der Waals surface area contributed by atoms with Crippen molar-refractivity contribution in [1.29, 1.82) is 0 Å². The van der Waals surface area contributed by atoms with Gasteiger partial charge in [-0.2, -0.15) is 4.31 Å². The molecule has 2 aromatic carbocycles. The van der Waals surface area contributed by atoms with Gasteiger partial charge < -0.3 is 10.3 Å². The van der Waals surface area contributed by atoms with Crippen LogP contribution in [-0.2, 0) is 16.6 Å². The second-order valence-electron chi connectivity index (χ2n) is 8.82. The van der Waals surface area contributed by atoms with E-state index in [1.54, 1.807) is 18.2 Å². The minimum Gasteiger partial charge on any atom is -0.360 e. The first kappa shape index (κ1) is 23.1. The van der Waals surface area contributed by atoms with Crippen molar-refractivity contribution < 1.29 is 17.6 Å². The van der Waals surface area contributed by atoms with Gasteiger partial charge in [-0.15, -0.1) is 0 Å². The maximum Gasteiger partial charge on any atom is 0.257 e. The molecule has 0 saturated carbocycles. The Labute approximate surface area is 191 Å². The van der Waals surface area contributed by atoms with E-state index in [4.69, 9.17) is 0 Å². The number of pyridine rings is 1. The second-order valence-corrected chi connectivity index (χ2v) is 10.8. The molecule has 1 amide bonds. The summed E-state index contributed by atoms with van der Waals surface area (Å²) in [5.74, 6) is -0.475. The number of sulfonamides is 1. The molecule has 0 spiro atoms. The van der Waals surface area contributed by atoms with Gasteiger partial charge in [0.15, 0.2) is 0 Å². The number of aromatic amines is 1. The Hall–Kier alpha value is -3.04. The summed E-state index contributed by atoms with van der Waals surface area (Å²) in [5, 5.41) is 2.77. The van der Waals surface area contributed by atoms with Gasteiger partial charge in [0.25, 0.3) is 5.91 Å². The molecule has 3 aromatic rings. The first-order valence-corrected chi connectivity index (χ1v) is 12.3. The normalized spacial score (nSPS) is 19.5. The highest BCUT2D eigenvalue weighted by Crippen LogP contribution is 2.27. The summed E-state index contributed by atoms with van der Waals surface area (Å²) in [6.07, 6.45) is 2.28. The standard InChI is InChI=1S/C24H26FN3O4S/c1-15-9-16(2)14-28(13-15)33(31,32)19-7-8-22-20(10-19)23(29)21(12-26-22)24(30)27-11-17-3-5-18(25)6-4-17/h3-8,10,12,15-16H,9,11,13-14H2,1-2H3,(H,26,29)(H,27,30). The Morgan fingerprint density at radius 3 is 2.45 bits per heavy atom. The fraction of sp³-hybridized carbons (Fsp3) is 0.333. The molecule has 0 radical (unpaired) electrons. The summed E-state index contributed by atoms with van der Waals surface area (Å²) >= 11 is 0. The van der Waals surface area contributed by atoms with Crippen LogP contribution in [0.4, 0.5) is 4.39 Å². The van der Waals surface area contributed by atoms with Gasteiger partial charge in [0.1, 0.15) is 11.4 Å². The van der Waals surface area contributed by atoms with E-state index < -0.39 is 21.4 Å². The van der Waals surface area contributed by atoms with E-state index in [9.17, 15) is 22.4 Å². The van der Waals surface area contributed by atoms with Gasteiger partial charge in [-0.3, -0.25) is 9.59 Å². The van der Waals surface area contributed by atoms with E-state index in [1.165, 1.54) is 34.8 Å². The van der Waals surface area contributed by atoms with Crippen molar-refractivity contribution in [1.82, 2.24) is 14.6 Å². The summed E-state index contributed by atoms with van der Waals surface area (Å²) in [6, 6.07) is 10.0. The van der Waals surface area contributed by atoms with Crippen molar-refractivity contribution in [3.8, 4) is 0 Å². The van der Waals surface area contributed by atoms with Gasteiger partial charge in [0.05, 0.1) is 4.90 Å². The molecule has 2 atom stereocenters. The molecular formula is C24H26FN3O4S. The van der Waals surface area contributed by atoms with Gasteiger partial charge >= 0.3 is 0 Å². The maximum absolute atomic E-state index is 13.2. The lowest BCUT2D eigenvalue weighted by atomic mass is 9.94. The largest absolute Gasteiger partial charge is 0.360 e. The average Bonchev–Trinajstić information content (AvgIpc) is 2.78. The predicted octanol–water partition coefficient (Wildman–Crippen LogP) is 3.26. The van der Waals surface area contributed by atoms with E-state index in [0.717, 1.165) is 6.42 Å². The van der Waals surface area contributed by atoms with Crippen molar-refractivity contribution in [2.24, 2.45) is 11.8 Å². The zero-order valence-electron chi connectivity index (χ0n) is 18.5. The van der Waals surface area contributed by atoms with E-state index in [-0.39, 0.29) is 40.0 Å². The zero-order valence-corrected chi connectivity index (χ0v) is 19.3. The number of hydrogen-bond donors (Lipinski definition) is 2. The third kappa shape index (κ3) is 4.84. The average molecular weight is 472 g/mol. The topological polar surface area (TPSA) is 99.3 Å². The summed E-state index contributed by atoms with van der Waals surface area (Å²) in [7, 11) is -3.77. The summed E-state index contributed by atoms with van der Waals surface area (Å²) in [4.78, 5) is 28.6. The minimum absolute atomic E-state index is 0.0330. The van der Waals surface area contributed by atoms with Crippen LogP contribution >= 0.6 is 0 Å². The number of aromatic nitrogens is 1. The molecule has 2 N–H and O–H groups in total. The lowest BCUT2D eigenvalue weighted by molar-refractivity contribution is 0.0949. The molecule has 2 heterocycles. The van der Waals surface area contributed by atoms with Crippen LogP contribution in [0.5, 0.6) is 0 Å². The third-order valence-electron chi connectivity index (χ3n) is 5.94. The Kier molecular flexibility index (Phi) is 6.36. The van der Waals surface area contributed by atoms with Gasteiger partial charge in [0, 0.05) is 36.7 Å². The number of carbonyl (C=O) groups is 1. The first-order chi connectivity index (χ1) is 15.6. The number of hydrogen-bond acceptors (Lipinski definition) is 4. The van der Waals surface area contributed by atoms with Crippen molar-refractivity contribution in [3.63, 3.8) is 0 Å². The summed E-state index contributed by atoms with van der Waals surface area (Å²) in [5.41, 5.74) is 0.437. The van der Waals surface area contributed by atoms with Crippen LogP contribution in [-0.4, -0.2) is 36.7 Å². The molecule has 9 heteroatoms. The van der Waals surface area contributed by atoms with Crippen LogP contribution in [0.1, 0.15) is 36.2 Å². The number of nitrogens with zero attached hydrogens (tertiary/aromatic N) is 1. The van der Waals surface area contributed by atoms with E-state index >= 15 is 0 Å². The highest BCUT2D eigenvalue weighted by molar-refractivity contribution is 7.89. The Bertz CT molecular complexity index is 1340. The van der Waals surface area contributed by atoms with Crippen LogP contribution < -0.4 is 10.7 Å². The molecule has 1 fully saturated rings. The molecule has 7 nitrogen and oxygen atoms in total. The van der Waals surface area contributed by atoms with Crippen LogP contribution in [0.3, 0.4) is 0 Å². The second kappa shape index (κ2) is 9.07. The molecule has 1 saturated heterocycles. The van der Waals surface area contributed by atoms with Gasteiger partial charge in [-0.05, 0) is 54.2 Å². The SMILES string of the molecule is CC1CC(C)CN(S(=O)(=O)c2ccc3[nH]cc(C(=O)NCc4ccc(F)cc4)c(=O)c3c2)C1. The van der Waals surface area contributed by atoms with Crippen LogP contribution in [0.15, 0.2) is 58.4 Å². The van der Waals surface area contributed by atoms with Crippen molar-refractivity contribution in [3.05, 3.63) is 75.8 Å². The van der Waals surface area contributed by atoms with Crippen molar-refractivity contribution in [2.45, 2.75) is 31.7 Å². The van der Waals surface area contributed by atoms with Crippen LogP contribution in [0, 0.1) is 17.7 Å². The van der Waals surface area contributed by atoms with Gasteiger partial charge in [-0.1, -0.05) is 26.0 Å². The van der Waals surface area contributed by atoms with E-state index in [1.807, 2.05) is 13.8 Å². The van der Waals surface area contributed by atoms with Gasteiger partial charge in [-0.25, -0.2) is 12.8 Å². The van der Waals surface area contributed by atoms with Crippen molar-refractivity contribution in [2.75, 3.05) is 13.1 Å². The highest BCUT2D eigenvalue weighted by atomic mass is 32.2. The zero-order chi connectivity index (χ0) is 23.8. The first-order valence-electron chi connectivity index (χ1n) is 10.8. The van der Waals surface area contributed by atoms with Gasteiger partial charge in [0.2, 0.25) is 15.5 Å². The molecule has 0 bridgehead atoms. The number of fused-ring (bicyclic) bond motifs is 1. The quantitative estimate of drug-likeness (QED) is 0.597. The third-order valence-corrected chi connectivity index (χ3v) is 7.76. The number of benzene rings is 2. The van der Waals surface area contributed by atoms with Crippen molar-refractivity contribution >= 4 is 26.8 Å². The molecule has 1 aliphatic rings. The fourth-order valence-corrected chi connectivity index (χ4v) is 6.06. The smallest absolute Gasteiger partial charge is 0.257 e. The number of piperidine rings is 1. The van der Waals surface area contributed by atoms with Crippen LogP contribution in [0.2, 0.25) is 0 Å². The molecule has 0 aliphatic carbocycles. The molecular weight excluding hydrogens is 445 g/mol. The number of carbonyl (C=O) groups excluding carboxylic acids is 1. The number of halogens is 1. The highest BCUT2D eigenvalue weighted by Gasteiger charge is 2.32. The van der Waals surface area contributed by atoms with Crippen LogP contribution in [0.25, 0.3) is 10.9 Å². The van der Waals surface area contributed by atoms with E-state index in [0.29, 0.717) is 24.2 Å². The number of rotatable bonds is 5. The molecule has 1 aliphatic heterocycles. The molecule has 4 rings (SSSR count). The number of H-pyrrole nitrogens is 1. The molecule has 1 aromatic heterocycles. The fourth-order valence-electron chi connectivity index (χ4n) is 4.36. The summed E-state index contributed by atoms with van der Waals surface area (Å²) < 4.78 is 41.0. The maximum atomic E-state index is 13.2. The lowest BCUT2D eigenvalue weighted by Gasteiger charge is -2.34. The number of nitrogens with one attached hydrogen (secondary N) is 2. The number of amides is 1. The Morgan fingerprint density at radius 1 is 1.12 bits per heavy atom. The van der Waals surface area contributed by atoms with E-state index in [2.05, 4.69) is 10.3 Å². The monoisotopic (exact) mass is 471 g/mol. The lowest BCUT2D eigenvalue weighted by Crippen LogP contribution is -2.42. The Balaban J connectivity index is 1.62. The Morgan fingerprint density at radius 2 is 1.79 bits per heavy atom. The minimum atomic E-state index is -3.77. The predicted molar refractivity (Wildman–Crippen MR) is 124 cm³/mol. The summed E-state index contributed by atoms with van der Waals surface area (Å²) in [6.45, 7) is 5.05. The molecule has 33 heavy (non-hydrogen) atoms.